The molecule has 0 unspecified atom stereocenters. The Kier molecular flexibility index (Phi) is 5.45. The number of likely N-dealkylation sites (tertiary alicyclic amines) is 1. The number of hydrogen-bond acceptors (Lipinski definition) is 8. The van der Waals surface area contributed by atoms with Crippen LogP contribution in [0.1, 0.15) is 30.5 Å². The van der Waals surface area contributed by atoms with Gasteiger partial charge in [0.15, 0.2) is 0 Å². The maximum atomic E-state index is 5.68. The molecule has 1 saturated heterocycles. The second kappa shape index (κ2) is 8.32. The summed E-state index contributed by atoms with van der Waals surface area (Å²) < 4.78 is 21.8. The number of nitrogens with zero attached hydrogens (tertiary/aromatic N) is 4. The average Bonchev–Trinajstić information content (AvgIpc) is 3.44. The number of rotatable bonds is 8. The Labute approximate surface area is 157 Å². The van der Waals surface area contributed by atoms with Gasteiger partial charge in [-0.15, -0.1) is 0 Å². The lowest BCUT2D eigenvalue weighted by Crippen LogP contribution is -2.22. The quantitative estimate of drug-likeness (QED) is 0.559. The van der Waals surface area contributed by atoms with Crippen LogP contribution in [0.5, 0.6) is 5.88 Å². The maximum absolute atomic E-state index is 5.68. The summed E-state index contributed by atoms with van der Waals surface area (Å²) in [6, 6.07) is 7.67. The lowest BCUT2D eigenvalue weighted by atomic mass is 10.2. The molecule has 8 heteroatoms. The van der Waals surface area contributed by atoms with Gasteiger partial charge in [-0.3, -0.25) is 4.90 Å². The van der Waals surface area contributed by atoms with Crippen molar-refractivity contribution in [2.45, 2.75) is 25.4 Å². The lowest BCUT2D eigenvalue weighted by molar-refractivity contribution is 0.144. The summed E-state index contributed by atoms with van der Waals surface area (Å²) >= 11 is 0. The van der Waals surface area contributed by atoms with E-state index in [2.05, 4.69) is 20.0 Å². The number of hydrogen-bond donors (Lipinski definition) is 0. The first kappa shape index (κ1) is 17.7. The zero-order valence-corrected chi connectivity index (χ0v) is 15.2. The Hall–Kier alpha value is -2.71. The summed E-state index contributed by atoms with van der Waals surface area (Å²) in [4.78, 5) is 11.2. The van der Waals surface area contributed by atoms with Gasteiger partial charge >= 0.3 is 0 Å². The van der Waals surface area contributed by atoms with Crippen LogP contribution in [0.4, 0.5) is 0 Å². The molecule has 142 valence electrons. The molecule has 0 saturated carbocycles. The minimum Gasteiger partial charge on any atom is -0.475 e. The Morgan fingerprint density at radius 1 is 1.26 bits per heavy atom. The van der Waals surface area contributed by atoms with E-state index < -0.39 is 0 Å². The minimum absolute atomic E-state index is 0.0888. The highest BCUT2D eigenvalue weighted by molar-refractivity contribution is 5.60. The molecule has 3 aromatic heterocycles. The molecular weight excluding hydrogens is 348 g/mol. The van der Waals surface area contributed by atoms with Gasteiger partial charge in [0, 0.05) is 13.3 Å². The van der Waals surface area contributed by atoms with Gasteiger partial charge in [-0.2, -0.15) is 4.98 Å². The summed E-state index contributed by atoms with van der Waals surface area (Å²) in [6.45, 7) is 2.59. The van der Waals surface area contributed by atoms with Crippen LogP contribution in [0.2, 0.25) is 0 Å². The molecule has 0 aromatic carbocycles. The van der Waals surface area contributed by atoms with Gasteiger partial charge in [0.1, 0.15) is 12.4 Å². The predicted molar refractivity (Wildman–Crippen MR) is 96.0 cm³/mol. The first-order chi connectivity index (χ1) is 13.3. The summed E-state index contributed by atoms with van der Waals surface area (Å²) in [6.07, 6.45) is 5.43. The zero-order valence-electron chi connectivity index (χ0n) is 15.2. The average molecular weight is 370 g/mol. The van der Waals surface area contributed by atoms with E-state index in [9.17, 15) is 0 Å². The number of furan rings is 1. The topological polar surface area (TPSA) is 86.7 Å². The molecule has 0 amide bonds. The van der Waals surface area contributed by atoms with Crippen LogP contribution in [-0.2, 0) is 11.3 Å². The molecule has 1 atom stereocenters. The number of pyridine rings is 1. The highest BCUT2D eigenvalue weighted by Crippen LogP contribution is 2.34. The monoisotopic (exact) mass is 370 g/mol. The molecule has 0 N–H and O–H groups in total. The fourth-order valence-corrected chi connectivity index (χ4v) is 3.28. The predicted octanol–water partition coefficient (Wildman–Crippen LogP) is 3.09. The van der Waals surface area contributed by atoms with E-state index in [1.807, 2.05) is 24.3 Å². The van der Waals surface area contributed by atoms with E-state index in [0.717, 1.165) is 31.7 Å². The highest BCUT2D eigenvalue weighted by Gasteiger charge is 2.31. The smallest absolute Gasteiger partial charge is 0.244 e. The molecule has 0 spiro atoms. The standard InChI is InChI=1S/C19H22N4O4/c1-24-11-12-26-18-15(6-2-8-20-18)17-21-19(27-22-17)16-7-3-9-23(16)13-14-5-4-10-25-14/h2,4-6,8,10,16H,3,7,9,11-13H2,1H3/t16-/m1/s1. The molecule has 27 heavy (non-hydrogen) atoms. The molecule has 0 bridgehead atoms. The van der Waals surface area contributed by atoms with Gasteiger partial charge in [0.2, 0.25) is 17.6 Å². The number of methoxy groups -OCH3 is 1. The van der Waals surface area contributed by atoms with Crippen molar-refractivity contribution in [3.63, 3.8) is 0 Å². The molecule has 1 aliphatic rings. The Morgan fingerprint density at radius 2 is 2.22 bits per heavy atom. The van der Waals surface area contributed by atoms with Crippen LogP contribution in [-0.4, -0.2) is 46.9 Å². The largest absolute Gasteiger partial charge is 0.475 e. The van der Waals surface area contributed by atoms with Gasteiger partial charge in [-0.05, 0) is 43.7 Å². The third-order valence-corrected chi connectivity index (χ3v) is 4.57. The third kappa shape index (κ3) is 4.01. The minimum atomic E-state index is 0.0888. The van der Waals surface area contributed by atoms with Crippen LogP contribution in [0.25, 0.3) is 11.4 Å². The fraction of sp³-hybridized carbons (Fsp3) is 0.421. The van der Waals surface area contributed by atoms with Crippen molar-refractivity contribution in [1.82, 2.24) is 20.0 Å². The van der Waals surface area contributed by atoms with Gasteiger partial charge < -0.3 is 18.4 Å². The van der Waals surface area contributed by atoms with Crippen molar-refractivity contribution in [3.8, 4) is 17.3 Å². The van der Waals surface area contributed by atoms with Gasteiger partial charge in [0.25, 0.3) is 0 Å². The SMILES string of the molecule is COCCOc1ncccc1-c1noc([C@H]2CCCN2Cc2ccco2)n1. The normalized spacial score (nSPS) is 17.4. The molecule has 3 aromatic rings. The second-order valence-corrected chi connectivity index (χ2v) is 6.36. The highest BCUT2D eigenvalue weighted by atomic mass is 16.5. The molecule has 0 aliphatic carbocycles. The van der Waals surface area contributed by atoms with Crippen LogP contribution in [0.3, 0.4) is 0 Å². The van der Waals surface area contributed by atoms with E-state index in [1.165, 1.54) is 0 Å². The summed E-state index contributed by atoms with van der Waals surface area (Å²) in [5, 5.41) is 4.16. The Balaban J connectivity index is 1.51. The van der Waals surface area contributed by atoms with E-state index in [0.29, 0.717) is 36.4 Å². The van der Waals surface area contributed by atoms with Gasteiger partial charge in [-0.25, -0.2) is 4.98 Å². The Morgan fingerprint density at radius 3 is 3.07 bits per heavy atom. The van der Waals surface area contributed by atoms with Crippen LogP contribution in [0.15, 0.2) is 45.7 Å². The molecule has 0 radical (unpaired) electrons. The van der Waals surface area contributed by atoms with Crippen molar-refractivity contribution in [1.29, 1.82) is 0 Å². The molecule has 1 fully saturated rings. The van der Waals surface area contributed by atoms with Crippen molar-refractivity contribution >= 4 is 0 Å². The molecule has 8 nitrogen and oxygen atoms in total. The van der Waals surface area contributed by atoms with Crippen LogP contribution in [0, 0.1) is 0 Å². The molecule has 4 rings (SSSR count). The van der Waals surface area contributed by atoms with Crippen molar-refractivity contribution in [2.24, 2.45) is 0 Å². The second-order valence-electron chi connectivity index (χ2n) is 6.36. The third-order valence-electron chi connectivity index (χ3n) is 4.57. The first-order valence-corrected chi connectivity index (χ1v) is 9.02. The summed E-state index contributed by atoms with van der Waals surface area (Å²) in [7, 11) is 1.63. The van der Waals surface area contributed by atoms with Gasteiger partial charge in [0.05, 0.1) is 31.0 Å². The summed E-state index contributed by atoms with van der Waals surface area (Å²) in [5.41, 5.74) is 0.708. The van der Waals surface area contributed by atoms with Crippen molar-refractivity contribution < 1.29 is 18.4 Å². The Bertz CT molecular complexity index is 849. The zero-order chi connectivity index (χ0) is 18.5. The van der Waals surface area contributed by atoms with E-state index in [4.69, 9.17) is 18.4 Å². The number of aromatic nitrogens is 3. The van der Waals surface area contributed by atoms with Crippen molar-refractivity contribution in [3.05, 3.63) is 48.4 Å². The summed E-state index contributed by atoms with van der Waals surface area (Å²) in [5.74, 6) is 2.50. The van der Waals surface area contributed by atoms with Crippen molar-refractivity contribution in [2.75, 3.05) is 26.9 Å². The van der Waals surface area contributed by atoms with Crippen LogP contribution >= 0.6 is 0 Å². The van der Waals surface area contributed by atoms with E-state index >= 15 is 0 Å². The van der Waals surface area contributed by atoms with Crippen LogP contribution < -0.4 is 4.74 Å². The van der Waals surface area contributed by atoms with E-state index in [1.54, 1.807) is 19.6 Å². The lowest BCUT2D eigenvalue weighted by Gasteiger charge is -2.19. The fourth-order valence-electron chi connectivity index (χ4n) is 3.28. The maximum Gasteiger partial charge on any atom is 0.244 e. The number of ether oxygens (including phenoxy) is 2. The van der Waals surface area contributed by atoms with Gasteiger partial charge in [-0.1, -0.05) is 5.16 Å². The first-order valence-electron chi connectivity index (χ1n) is 9.02. The van der Waals surface area contributed by atoms with E-state index in [-0.39, 0.29) is 6.04 Å². The molecule has 4 heterocycles. The molecular formula is C19H22N4O4. The molecule has 1 aliphatic heterocycles.